The molecule has 132 valence electrons. The summed E-state index contributed by atoms with van der Waals surface area (Å²) < 4.78 is 0. The predicted octanol–water partition coefficient (Wildman–Crippen LogP) is 1.75. The van der Waals surface area contributed by atoms with Gasteiger partial charge in [-0.2, -0.15) is 0 Å². The Labute approximate surface area is 149 Å². The first-order valence-corrected chi connectivity index (χ1v) is 8.15. The zero-order valence-corrected chi connectivity index (χ0v) is 14.0. The highest BCUT2D eigenvalue weighted by Gasteiger charge is 2.37. The number of carbonyl (C=O) groups is 1. The first kappa shape index (κ1) is 16.0. The van der Waals surface area contributed by atoms with E-state index in [0.717, 1.165) is 5.56 Å². The van der Waals surface area contributed by atoms with Gasteiger partial charge in [0, 0.05) is 11.1 Å². The van der Waals surface area contributed by atoms with Crippen LogP contribution in [0.5, 0.6) is 17.2 Å². The molecule has 0 aliphatic carbocycles. The van der Waals surface area contributed by atoms with Crippen LogP contribution in [0.1, 0.15) is 18.1 Å². The molecule has 2 aliphatic heterocycles. The fourth-order valence-electron chi connectivity index (χ4n) is 3.09. The second-order valence-corrected chi connectivity index (χ2v) is 6.30. The zero-order valence-electron chi connectivity index (χ0n) is 14.0. The average Bonchev–Trinajstić information content (AvgIpc) is 2.92. The van der Waals surface area contributed by atoms with Gasteiger partial charge in [0.25, 0.3) is 5.91 Å². The van der Waals surface area contributed by atoms with Crippen LogP contribution in [0.3, 0.4) is 0 Å². The molecule has 2 aromatic carbocycles. The Balaban J connectivity index is 1.85. The van der Waals surface area contributed by atoms with Gasteiger partial charge in [-0.3, -0.25) is 9.69 Å². The molecule has 0 saturated carbocycles. The number of aliphatic imine (C=N–C) groups is 1. The Morgan fingerprint density at radius 1 is 1.04 bits per heavy atom. The van der Waals surface area contributed by atoms with Gasteiger partial charge in [-0.05, 0) is 49.4 Å². The molecule has 4 N–H and O–H groups in total. The number of phenols is 3. The molecule has 0 radical (unpaired) electrons. The predicted molar refractivity (Wildman–Crippen MR) is 95.6 cm³/mol. The SMILES string of the molecule is CC1NC2=C(c3ccc(O)cc3)N=C(c3ccc(O)c(O)c3)CN2C1=O. The molecule has 1 saturated heterocycles. The van der Waals surface area contributed by atoms with E-state index in [1.807, 2.05) is 0 Å². The van der Waals surface area contributed by atoms with Crippen molar-refractivity contribution in [3.63, 3.8) is 0 Å². The lowest BCUT2D eigenvalue weighted by molar-refractivity contribution is -0.127. The summed E-state index contributed by atoms with van der Waals surface area (Å²) in [6, 6.07) is 10.7. The number of hydrogen-bond acceptors (Lipinski definition) is 6. The van der Waals surface area contributed by atoms with Gasteiger partial charge in [-0.15, -0.1) is 0 Å². The van der Waals surface area contributed by atoms with Crippen LogP contribution >= 0.6 is 0 Å². The summed E-state index contributed by atoms with van der Waals surface area (Å²) in [6.45, 7) is 2.05. The van der Waals surface area contributed by atoms with Crippen LogP contribution in [0.2, 0.25) is 0 Å². The van der Waals surface area contributed by atoms with Crippen molar-refractivity contribution in [2.45, 2.75) is 13.0 Å². The first-order chi connectivity index (χ1) is 12.4. The van der Waals surface area contributed by atoms with E-state index in [0.29, 0.717) is 22.8 Å². The van der Waals surface area contributed by atoms with E-state index in [2.05, 4.69) is 5.32 Å². The second kappa shape index (κ2) is 5.80. The molecule has 0 spiro atoms. The van der Waals surface area contributed by atoms with Gasteiger partial charge < -0.3 is 20.6 Å². The highest BCUT2D eigenvalue weighted by atomic mass is 16.3. The van der Waals surface area contributed by atoms with Crippen molar-refractivity contribution in [1.82, 2.24) is 10.2 Å². The van der Waals surface area contributed by atoms with Gasteiger partial charge >= 0.3 is 0 Å². The molecule has 7 nitrogen and oxygen atoms in total. The summed E-state index contributed by atoms with van der Waals surface area (Å²) in [4.78, 5) is 18.8. The van der Waals surface area contributed by atoms with Crippen molar-refractivity contribution >= 4 is 17.3 Å². The van der Waals surface area contributed by atoms with Crippen LogP contribution in [0, 0.1) is 0 Å². The zero-order chi connectivity index (χ0) is 18.4. The number of nitrogens with zero attached hydrogens (tertiary/aromatic N) is 2. The van der Waals surface area contributed by atoms with Gasteiger partial charge in [-0.1, -0.05) is 0 Å². The van der Waals surface area contributed by atoms with E-state index >= 15 is 0 Å². The van der Waals surface area contributed by atoms with Gasteiger partial charge in [0.1, 0.15) is 23.3 Å². The van der Waals surface area contributed by atoms with Gasteiger partial charge in [0.15, 0.2) is 11.5 Å². The Morgan fingerprint density at radius 2 is 1.73 bits per heavy atom. The third-order valence-electron chi connectivity index (χ3n) is 4.49. The largest absolute Gasteiger partial charge is 0.508 e. The Bertz CT molecular complexity index is 963. The van der Waals surface area contributed by atoms with Crippen molar-refractivity contribution in [3.8, 4) is 17.2 Å². The van der Waals surface area contributed by atoms with Gasteiger partial charge in [0.05, 0.1) is 12.3 Å². The molecule has 1 amide bonds. The Kier molecular flexibility index (Phi) is 3.57. The van der Waals surface area contributed by atoms with Crippen molar-refractivity contribution in [1.29, 1.82) is 0 Å². The summed E-state index contributed by atoms with van der Waals surface area (Å²) in [7, 11) is 0. The molecule has 0 bridgehead atoms. The molecule has 2 aliphatic rings. The fourth-order valence-corrected chi connectivity index (χ4v) is 3.09. The third kappa shape index (κ3) is 2.54. The number of hydrogen-bond donors (Lipinski definition) is 4. The van der Waals surface area contributed by atoms with Crippen LogP contribution in [0.4, 0.5) is 0 Å². The van der Waals surface area contributed by atoms with E-state index in [4.69, 9.17) is 4.99 Å². The summed E-state index contributed by atoms with van der Waals surface area (Å²) in [5.74, 6) is 0.244. The van der Waals surface area contributed by atoms with E-state index in [9.17, 15) is 20.1 Å². The maximum Gasteiger partial charge on any atom is 0.250 e. The monoisotopic (exact) mass is 351 g/mol. The second-order valence-electron chi connectivity index (χ2n) is 6.30. The van der Waals surface area contributed by atoms with Crippen LogP contribution < -0.4 is 5.32 Å². The Morgan fingerprint density at radius 3 is 2.42 bits per heavy atom. The molecule has 0 aromatic heterocycles. The van der Waals surface area contributed by atoms with Crippen molar-refractivity contribution < 1.29 is 20.1 Å². The standard InChI is InChI=1S/C19H17N3O4/c1-10-19(26)22-9-14(12-4-7-15(24)16(25)8-12)21-17(18(22)20-10)11-2-5-13(23)6-3-11/h2-8,10,20,23-25H,9H2,1H3. The van der Waals surface area contributed by atoms with Crippen molar-refractivity contribution in [2.24, 2.45) is 4.99 Å². The minimum atomic E-state index is -0.361. The minimum absolute atomic E-state index is 0.0633. The van der Waals surface area contributed by atoms with E-state index in [1.54, 1.807) is 42.2 Å². The summed E-state index contributed by atoms with van der Waals surface area (Å²) in [5, 5.41) is 32.0. The number of amides is 1. The maximum absolute atomic E-state index is 12.5. The minimum Gasteiger partial charge on any atom is -0.508 e. The van der Waals surface area contributed by atoms with Crippen LogP contribution in [0.25, 0.3) is 5.70 Å². The summed E-state index contributed by atoms with van der Waals surface area (Å²) in [5.41, 5.74) is 2.54. The van der Waals surface area contributed by atoms with E-state index in [-0.39, 0.29) is 35.7 Å². The number of aromatic hydroxyl groups is 3. The maximum atomic E-state index is 12.5. The van der Waals surface area contributed by atoms with Crippen molar-refractivity contribution in [2.75, 3.05) is 6.54 Å². The first-order valence-electron chi connectivity index (χ1n) is 8.15. The number of rotatable bonds is 2. The normalized spacial score (nSPS) is 19.3. The average molecular weight is 351 g/mol. The lowest BCUT2D eigenvalue weighted by atomic mass is 10.1. The molecule has 2 aromatic rings. The number of fused-ring (bicyclic) bond motifs is 1. The summed E-state index contributed by atoms with van der Waals surface area (Å²) >= 11 is 0. The molecule has 7 heteroatoms. The molecule has 4 rings (SSSR count). The van der Waals surface area contributed by atoms with Crippen LogP contribution in [-0.4, -0.2) is 44.4 Å². The number of phenolic OH excluding ortho intramolecular Hbond substituents is 3. The third-order valence-corrected chi connectivity index (χ3v) is 4.49. The van der Waals surface area contributed by atoms with Crippen LogP contribution in [-0.2, 0) is 4.79 Å². The molecule has 1 atom stereocenters. The molecule has 1 fully saturated rings. The van der Waals surface area contributed by atoms with Gasteiger partial charge in [0.2, 0.25) is 0 Å². The molecular weight excluding hydrogens is 334 g/mol. The molecule has 1 unspecified atom stereocenters. The lowest BCUT2D eigenvalue weighted by Gasteiger charge is -2.25. The molecule has 2 heterocycles. The highest BCUT2D eigenvalue weighted by Crippen LogP contribution is 2.33. The smallest absolute Gasteiger partial charge is 0.250 e. The molecule has 26 heavy (non-hydrogen) atoms. The number of carbonyl (C=O) groups excluding carboxylic acids is 1. The topological polar surface area (TPSA) is 105 Å². The fraction of sp³-hybridized carbons (Fsp3) is 0.158. The van der Waals surface area contributed by atoms with Gasteiger partial charge in [-0.25, -0.2) is 4.99 Å². The molecular formula is C19H17N3O4. The number of benzene rings is 2. The quantitative estimate of drug-likeness (QED) is 0.617. The highest BCUT2D eigenvalue weighted by molar-refractivity contribution is 6.09. The Hall–Kier alpha value is -3.48. The van der Waals surface area contributed by atoms with E-state index < -0.39 is 0 Å². The summed E-state index contributed by atoms with van der Waals surface area (Å²) in [6.07, 6.45) is 0. The number of nitrogens with one attached hydrogen (secondary N) is 1. The van der Waals surface area contributed by atoms with E-state index in [1.165, 1.54) is 12.1 Å². The van der Waals surface area contributed by atoms with Crippen LogP contribution in [0.15, 0.2) is 53.3 Å². The lowest BCUT2D eigenvalue weighted by Crippen LogP contribution is -2.35. The van der Waals surface area contributed by atoms with Crippen molar-refractivity contribution in [3.05, 3.63) is 59.4 Å².